The normalized spacial score (nSPS) is 15.6. The number of carbonyl (C=O) groups is 1. The van der Waals surface area contributed by atoms with Crippen LogP contribution in [0.1, 0.15) is 39.3 Å². The van der Waals surface area contributed by atoms with Gasteiger partial charge in [-0.3, -0.25) is 9.78 Å². The van der Waals surface area contributed by atoms with E-state index in [1.54, 1.807) is 25.6 Å². The summed E-state index contributed by atoms with van der Waals surface area (Å²) in [7, 11) is 1.59. The van der Waals surface area contributed by atoms with Crippen LogP contribution >= 0.6 is 11.5 Å². The number of anilines is 1. The van der Waals surface area contributed by atoms with Gasteiger partial charge in [0.1, 0.15) is 11.9 Å². The molecule has 0 unspecified atom stereocenters. The Morgan fingerprint density at radius 2 is 1.97 bits per heavy atom. The van der Waals surface area contributed by atoms with Crippen molar-refractivity contribution in [2.75, 3.05) is 31.6 Å². The second-order valence-electron chi connectivity index (χ2n) is 9.73. The van der Waals surface area contributed by atoms with Crippen molar-refractivity contribution in [3.63, 3.8) is 0 Å². The number of nitrogens with zero attached hydrogens (tertiary/aromatic N) is 7. The molecule has 0 bridgehead atoms. The number of rotatable bonds is 6. The third-order valence-corrected chi connectivity index (χ3v) is 8.13. The van der Waals surface area contributed by atoms with Gasteiger partial charge in [-0.15, -0.1) is 10.2 Å². The van der Waals surface area contributed by atoms with E-state index >= 15 is 0 Å². The van der Waals surface area contributed by atoms with Crippen LogP contribution in [0.5, 0.6) is 11.6 Å². The molecule has 11 heteroatoms. The first kappa shape index (κ1) is 25.2. The van der Waals surface area contributed by atoms with E-state index in [0.717, 1.165) is 66.3 Å². The molecule has 0 N–H and O–H groups in total. The molecule has 4 aromatic heterocycles. The molecule has 200 valence electrons. The summed E-state index contributed by atoms with van der Waals surface area (Å²) < 4.78 is 15.9. The first-order valence-corrected chi connectivity index (χ1v) is 13.8. The van der Waals surface area contributed by atoms with E-state index in [4.69, 9.17) is 9.47 Å². The molecule has 0 radical (unpaired) electrons. The Balaban J connectivity index is 1.09. The van der Waals surface area contributed by atoms with Crippen LogP contribution in [0.4, 0.5) is 5.82 Å². The standard InChI is InChI=1S/C28H29N7O3S/c1-18-14-23(28(36)35-13-9-24-22(17-35)26(33-39-24)19-4-3-10-29-15-19)31-32-27(18)34-11-7-20(8-12-34)38-21-5-6-25(37-2)30-16-21/h3-6,10,14-16,20H,7-9,11-13,17H2,1-2H3. The highest BCUT2D eigenvalue weighted by molar-refractivity contribution is 7.06. The summed E-state index contributed by atoms with van der Waals surface area (Å²) in [6.07, 6.45) is 7.86. The van der Waals surface area contributed by atoms with Gasteiger partial charge in [0.05, 0.1) is 19.0 Å². The Kier molecular flexibility index (Phi) is 7.06. The molecule has 1 amide bonds. The molecule has 6 rings (SSSR count). The van der Waals surface area contributed by atoms with Crippen molar-refractivity contribution in [3.05, 3.63) is 70.6 Å². The number of fused-ring (bicyclic) bond motifs is 1. The van der Waals surface area contributed by atoms with Gasteiger partial charge in [-0.05, 0) is 48.3 Å². The van der Waals surface area contributed by atoms with Gasteiger partial charge < -0.3 is 19.3 Å². The smallest absolute Gasteiger partial charge is 0.274 e. The maximum Gasteiger partial charge on any atom is 0.274 e. The second-order valence-corrected chi connectivity index (χ2v) is 10.6. The van der Waals surface area contributed by atoms with Gasteiger partial charge in [-0.1, -0.05) is 0 Å². The van der Waals surface area contributed by atoms with E-state index in [2.05, 4.69) is 29.4 Å². The van der Waals surface area contributed by atoms with E-state index in [0.29, 0.717) is 24.7 Å². The average Bonchev–Trinajstić information content (AvgIpc) is 3.41. The minimum atomic E-state index is -0.105. The zero-order valence-electron chi connectivity index (χ0n) is 21.9. The number of methoxy groups -OCH3 is 1. The number of piperidine rings is 1. The number of carbonyl (C=O) groups excluding carboxylic acids is 1. The maximum atomic E-state index is 13.4. The zero-order chi connectivity index (χ0) is 26.8. The van der Waals surface area contributed by atoms with Crippen molar-refractivity contribution < 1.29 is 14.3 Å². The van der Waals surface area contributed by atoms with Gasteiger partial charge in [0.2, 0.25) is 5.88 Å². The van der Waals surface area contributed by atoms with Crippen molar-refractivity contribution >= 4 is 23.3 Å². The molecule has 2 aliphatic rings. The highest BCUT2D eigenvalue weighted by Crippen LogP contribution is 2.33. The number of amides is 1. The number of hydrogen-bond donors (Lipinski definition) is 0. The summed E-state index contributed by atoms with van der Waals surface area (Å²) in [5.41, 5.74) is 4.30. The van der Waals surface area contributed by atoms with Crippen molar-refractivity contribution in [1.29, 1.82) is 0 Å². The largest absolute Gasteiger partial charge is 0.489 e. The van der Waals surface area contributed by atoms with Crippen LogP contribution in [0.2, 0.25) is 0 Å². The lowest BCUT2D eigenvalue weighted by molar-refractivity contribution is 0.0729. The minimum Gasteiger partial charge on any atom is -0.489 e. The molecule has 0 aliphatic carbocycles. The van der Waals surface area contributed by atoms with Gasteiger partial charge in [0, 0.05) is 79.9 Å². The molecule has 39 heavy (non-hydrogen) atoms. The topological polar surface area (TPSA) is 106 Å². The zero-order valence-corrected chi connectivity index (χ0v) is 22.7. The molecule has 0 atom stereocenters. The molecule has 4 aromatic rings. The Hall–Kier alpha value is -4.12. The molecule has 0 aromatic carbocycles. The second kappa shape index (κ2) is 10.9. The number of hydrogen-bond acceptors (Lipinski definition) is 10. The fraction of sp³-hybridized carbons (Fsp3) is 0.357. The first-order chi connectivity index (χ1) is 19.1. The van der Waals surface area contributed by atoms with Gasteiger partial charge >= 0.3 is 0 Å². The molecule has 0 saturated carbocycles. The molecule has 10 nitrogen and oxygen atoms in total. The fourth-order valence-electron chi connectivity index (χ4n) is 5.10. The van der Waals surface area contributed by atoms with E-state index in [9.17, 15) is 4.79 Å². The Bertz CT molecular complexity index is 1450. The van der Waals surface area contributed by atoms with Crippen LogP contribution in [-0.2, 0) is 13.0 Å². The molecular formula is C28H29N7O3S. The lowest BCUT2D eigenvalue weighted by Gasteiger charge is -2.33. The summed E-state index contributed by atoms with van der Waals surface area (Å²) in [6, 6.07) is 9.44. The molecular weight excluding hydrogens is 514 g/mol. The van der Waals surface area contributed by atoms with Crippen LogP contribution < -0.4 is 14.4 Å². The summed E-state index contributed by atoms with van der Waals surface area (Å²) in [5.74, 6) is 2.02. The monoisotopic (exact) mass is 543 g/mol. The van der Waals surface area contributed by atoms with E-state index in [-0.39, 0.29) is 12.0 Å². The van der Waals surface area contributed by atoms with Crippen LogP contribution in [0, 0.1) is 6.92 Å². The fourth-order valence-corrected chi connectivity index (χ4v) is 5.98. The Morgan fingerprint density at radius 3 is 2.69 bits per heavy atom. The van der Waals surface area contributed by atoms with E-state index in [1.807, 2.05) is 42.3 Å². The predicted molar refractivity (Wildman–Crippen MR) is 147 cm³/mol. The third kappa shape index (κ3) is 5.26. The molecule has 1 saturated heterocycles. The highest BCUT2D eigenvalue weighted by Gasteiger charge is 2.29. The van der Waals surface area contributed by atoms with Crippen LogP contribution in [0.25, 0.3) is 11.3 Å². The third-order valence-electron chi connectivity index (χ3n) is 7.19. The quantitative estimate of drug-likeness (QED) is 0.357. The maximum absolute atomic E-state index is 13.4. The van der Waals surface area contributed by atoms with Gasteiger partial charge in [-0.2, -0.15) is 4.37 Å². The van der Waals surface area contributed by atoms with Gasteiger partial charge in [0.15, 0.2) is 11.5 Å². The molecule has 1 fully saturated rings. The lowest BCUT2D eigenvalue weighted by atomic mass is 10.0. The molecule has 2 aliphatic heterocycles. The van der Waals surface area contributed by atoms with Crippen molar-refractivity contribution in [3.8, 4) is 22.9 Å². The van der Waals surface area contributed by atoms with Crippen molar-refractivity contribution in [1.82, 2.24) is 29.4 Å². The summed E-state index contributed by atoms with van der Waals surface area (Å²) in [4.78, 5) is 27.1. The minimum absolute atomic E-state index is 0.105. The Morgan fingerprint density at radius 1 is 1.10 bits per heavy atom. The summed E-state index contributed by atoms with van der Waals surface area (Å²) in [5, 5.41) is 8.85. The number of pyridine rings is 2. The molecule has 0 spiro atoms. The van der Waals surface area contributed by atoms with Crippen LogP contribution in [0.3, 0.4) is 0 Å². The molecule has 6 heterocycles. The SMILES string of the molecule is COc1ccc(OC2CCN(c3nnc(C(=O)N4CCc5snc(-c6cccnc6)c5C4)cc3C)CC2)cn1. The Labute approximate surface area is 230 Å². The van der Waals surface area contributed by atoms with Crippen molar-refractivity contribution in [2.45, 2.75) is 38.8 Å². The first-order valence-electron chi connectivity index (χ1n) is 13.0. The van der Waals surface area contributed by atoms with Crippen LogP contribution in [-0.4, -0.2) is 68.2 Å². The number of aromatic nitrogens is 5. The number of aryl methyl sites for hydroxylation is 1. The van der Waals surface area contributed by atoms with Gasteiger partial charge in [-0.25, -0.2) is 4.98 Å². The average molecular weight is 544 g/mol. The predicted octanol–water partition coefficient (Wildman–Crippen LogP) is 3.95. The number of ether oxygens (including phenoxy) is 2. The highest BCUT2D eigenvalue weighted by atomic mass is 32.1. The van der Waals surface area contributed by atoms with Crippen LogP contribution in [0.15, 0.2) is 48.9 Å². The van der Waals surface area contributed by atoms with E-state index in [1.165, 1.54) is 16.4 Å². The van der Waals surface area contributed by atoms with Gasteiger partial charge in [0.25, 0.3) is 5.91 Å². The van der Waals surface area contributed by atoms with E-state index < -0.39 is 0 Å². The lowest BCUT2D eigenvalue weighted by Crippen LogP contribution is -2.39. The summed E-state index contributed by atoms with van der Waals surface area (Å²) in [6.45, 7) is 4.74. The summed E-state index contributed by atoms with van der Waals surface area (Å²) >= 11 is 1.51. The van der Waals surface area contributed by atoms with Crippen molar-refractivity contribution in [2.24, 2.45) is 0 Å².